The molecular formula is C32H35ClFN5O5S. The number of aromatic nitrogens is 1. The number of carbonyl (C=O) groups excluding carboxylic acids is 1. The molecule has 1 amide bonds. The van der Waals surface area contributed by atoms with Crippen molar-refractivity contribution in [2.75, 3.05) is 29.4 Å². The highest BCUT2D eigenvalue weighted by Crippen LogP contribution is 2.25. The molecule has 238 valence electrons. The monoisotopic (exact) mass is 655 g/mol. The number of nitrogens with zero attached hydrogens (tertiary/aromatic N) is 1. The summed E-state index contributed by atoms with van der Waals surface area (Å²) in [6.45, 7) is 2.40. The molecule has 0 radical (unpaired) electrons. The van der Waals surface area contributed by atoms with Gasteiger partial charge < -0.3 is 15.0 Å². The minimum absolute atomic E-state index is 0. The number of H-pyrrole nitrogens is 1. The average Bonchev–Trinajstić information content (AvgIpc) is 2.99. The van der Waals surface area contributed by atoms with Crippen molar-refractivity contribution in [3.8, 4) is 11.5 Å². The Hall–Kier alpha value is -4.23. The van der Waals surface area contributed by atoms with E-state index in [9.17, 15) is 22.4 Å². The van der Waals surface area contributed by atoms with Crippen molar-refractivity contribution in [1.82, 2.24) is 15.2 Å². The molecule has 2 heterocycles. The summed E-state index contributed by atoms with van der Waals surface area (Å²) in [5, 5.41) is 6.24. The molecule has 4 N–H and O–H groups in total. The molecule has 1 saturated heterocycles. The maximum atomic E-state index is 13.3. The van der Waals surface area contributed by atoms with E-state index < -0.39 is 21.9 Å². The van der Waals surface area contributed by atoms with Gasteiger partial charge in [-0.1, -0.05) is 18.2 Å². The predicted octanol–water partition coefficient (Wildman–Crippen LogP) is 5.03. The first-order chi connectivity index (χ1) is 21.1. The highest BCUT2D eigenvalue weighted by molar-refractivity contribution is 7.92. The molecule has 1 atom stereocenters. The number of nitrogens with one attached hydrogen (secondary N) is 4. The molecule has 4 aromatic rings. The fourth-order valence-electron chi connectivity index (χ4n) is 5.04. The standard InChI is InChI=1S/C32H34FN5O5S.ClH/c1-44(41,42)37-26-11-15-28(16-12-26)43-27-13-5-22(6-14-27)21-38-19-17-25(18-20-38)34-31(29-3-2-4-30(39)36-29)32(40)35-24-9-7-23(33)8-10-24;/h2-16,25,31,34,37H,17-21H2,1H3,(H,35,40)(H,36,39);1H. The molecule has 1 aliphatic rings. The Morgan fingerprint density at radius 3 is 2.13 bits per heavy atom. The zero-order chi connectivity index (χ0) is 31.1. The second-order valence-electron chi connectivity index (χ2n) is 10.8. The van der Waals surface area contributed by atoms with Gasteiger partial charge in [-0.3, -0.25) is 24.5 Å². The molecule has 1 aliphatic heterocycles. The van der Waals surface area contributed by atoms with Gasteiger partial charge in [0.1, 0.15) is 23.4 Å². The molecule has 0 bridgehead atoms. The molecule has 1 fully saturated rings. The number of aromatic amines is 1. The second kappa shape index (κ2) is 15.2. The lowest BCUT2D eigenvalue weighted by Crippen LogP contribution is -2.46. The van der Waals surface area contributed by atoms with E-state index in [0.717, 1.165) is 44.3 Å². The van der Waals surface area contributed by atoms with Crippen LogP contribution >= 0.6 is 12.4 Å². The molecule has 45 heavy (non-hydrogen) atoms. The maximum Gasteiger partial charge on any atom is 0.248 e. The van der Waals surface area contributed by atoms with E-state index in [2.05, 4.69) is 25.2 Å². The van der Waals surface area contributed by atoms with Crippen molar-refractivity contribution in [3.05, 3.63) is 118 Å². The summed E-state index contributed by atoms with van der Waals surface area (Å²) in [5.41, 5.74) is 2.23. The van der Waals surface area contributed by atoms with Crippen LogP contribution in [0.5, 0.6) is 11.5 Å². The number of likely N-dealkylation sites (tertiary alicyclic amines) is 1. The van der Waals surface area contributed by atoms with Crippen LogP contribution in [0.15, 0.2) is 95.8 Å². The van der Waals surface area contributed by atoms with Crippen LogP contribution in [0.4, 0.5) is 15.8 Å². The van der Waals surface area contributed by atoms with E-state index in [4.69, 9.17) is 4.74 Å². The Kier molecular flexibility index (Phi) is 11.3. The minimum atomic E-state index is -3.34. The number of hydrogen-bond donors (Lipinski definition) is 4. The first-order valence-electron chi connectivity index (χ1n) is 14.2. The number of piperidine rings is 1. The molecule has 10 nitrogen and oxygen atoms in total. The molecule has 5 rings (SSSR count). The third-order valence-electron chi connectivity index (χ3n) is 7.19. The van der Waals surface area contributed by atoms with Gasteiger partial charge in [-0.05, 0) is 98.2 Å². The fourth-order valence-corrected chi connectivity index (χ4v) is 5.61. The van der Waals surface area contributed by atoms with Crippen molar-refractivity contribution in [3.63, 3.8) is 0 Å². The van der Waals surface area contributed by atoms with Crippen LogP contribution in [0.3, 0.4) is 0 Å². The van der Waals surface area contributed by atoms with Gasteiger partial charge in [0, 0.05) is 35.7 Å². The molecule has 13 heteroatoms. The van der Waals surface area contributed by atoms with E-state index in [1.807, 2.05) is 24.3 Å². The highest BCUT2D eigenvalue weighted by Gasteiger charge is 2.27. The third-order valence-corrected chi connectivity index (χ3v) is 7.80. The smallest absolute Gasteiger partial charge is 0.248 e. The van der Waals surface area contributed by atoms with Crippen molar-refractivity contribution >= 4 is 39.7 Å². The lowest BCUT2D eigenvalue weighted by Gasteiger charge is -2.34. The van der Waals surface area contributed by atoms with Gasteiger partial charge in [-0.2, -0.15) is 0 Å². The Morgan fingerprint density at radius 2 is 1.53 bits per heavy atom. The van der Waals surface area contributed by atoms with Gasteiger partial charge >= 0.3 is 0 Å². The average molecular weight is 656 g/mol. The van der Waals surface area contributed by atoms with Crippen LogP contribution in [0.1, 0.15) is 30.1 Å². The van der Waals surface area contributed by atoms with Crippen LogP contribution in [0, 0.1) is 5.82 Å². The van der Waals surface area contributed by atoms with Gasteiger partial charge in [-0.15, -0.1) is 12.4 Å². The Bertz CT molecular complexity index is 1730. The molecule has 1 unspecified atom stereocenters. The largest absolute Gasteiger partial charge is 0.457 e. The van der Waals surface area contributed by atoms with Gasteiger partial charge in [0.25, 0.3) is 0 Å². The summed E-state index contributed by atoms with van der Waals surface area (Å²) in [5.74, 6) is 0.527. The lowest BCUT2D eigenvalue weighted by molar-refractivity contribution is -0.118. The summed E-state index contributed by atoms with van der Waals surface area (Å²) in [7, 11) is -3.34. The Balaban J connectivity index is 0.00000461. The number of sulfonamides is 1. The second-order valence-corrected chi connectivity index (χ2v) is 12.5. The van der Waals surface area contributed by atoms with E-state index in [-0.39, 0.29) is 29.9 Å². The molecule has 0 saturated carbocycles. The van der Waals surface area contributed by atoms with Gasteiger partial charge in [0.05, 0.1) is 6.26 Å². The van der Waals surface area contributed by atoms with Crippen molar-refractivity contribution < 1.29 is 22.3 Å². The molecular weight excluding hydrogens is 621 g/mol. The van der Waals surface area contributed by atoms with Crippen molar-refractivity contribution in [1.29, 1.82) is 0 Å². The number of carbonyl (C=O) groups is 1. The Morgan fingerprint density at radius 1 is 0.933 bits per heavy atom. The zero-order valence-corrected chi connectivity index (χ0v) is 26.2. The summed E-state index contributed by atoms with van der Waals surface area (Å²) >= 11 is 0. The van der Waals surface area contributed by atoms with Crippen LogP contribution in [0.25, 0.3) is 0 Å². The normalized spacial score (nSPS) is 14.6. The van der Waals surface area contributed by atoms with Crippen LogP contribution < -0.4 is 25.7 Å². The van der Waals surface area contributed by atoms with Crippen LogP contribution in [-0.2, 0) is 21.4 Å². The van der Waals surface area contributed by atoms with Crippen molar-refractivity contribution in [2.24, 2.45) is 0 Å². The molecule has 0 aliphatic carbocycles. The number of ether oxygens (including phenoxy) is 1. The summed E-state index contributed by atoms with van der Waals surface area (Å²) in [6, 6.07) is 24.0. The topological polar surface area (TPSA) is 133 Å². The van der Waals surface area contributed by atoms with Gasteiger partial charge in [-0.25, -0.2) is 12.8 Å². The number of pyridine rings is 1. The number of rotatable bonds is 11. The Labute approximate surface area is 267 Å². The van der Waals surface area contributed by atoms with Crippen LogP contribution in [0.2, 0.25) is 0 Å². The predicted molar refractivity (Wildman–Crippen MR) is 175 cm³/mol. The quantitative estimate of drug-likeness (QED) is 0.178. The summed E-state index contributed by atoms with van der Waals surface area (Å²) < 4.78 is 44.4. The number of benzene rings is 3. The van der Waals surface area contributed by atoms with E-state index >= 15 is 0 Å². The number of hydrogen-bond acceptors (Lipinski definition) is 7. The number of halogens is 2. The molecule has 3 aromatic carbocycles. The minimum Gasteiger partial charge on any atom is -0.457 e. The van der Waals surface area contributed by atoms with Crippen molar-refractivity contribution in [2.45, 2.75) is 31.5 Å². The fraction of sp³-hybridized carbons (Fsp3) is 0.250. The third kappa shape index (κ3) is 10.1. The van der Waals surface area contributed by atoms with Gasteiger partial charge in [0.15, 0.2) is 0 Å². The van der Waals surface area contributed by atoms with Gasteiger partial charge in [0.2, 0.25) is 21.5 Å². The summed E-state index contributed by atoms with van der Waals surface area (Å²) in [4.78, 5) is 30.4. The highest BCUT2D eigenvalue weighted by atomic mass is 35.5. The zero-order valence-electron chi connectivity index (χ0n) is 24.5. The van der Waals surface area contributed by atoms with E-state index in [0.29, 0.717) is 28.6 Å². The maximum absolute atomic E-state index is 13.3. The number of amides is 1. The summed E-state index contributed by atoms with van der Waals surface area (Å²) in [6.07, 6.45) is 2.72. The SMILES string of the molecule is CS(=O)(=O)Nc1ccc(Oc2ccc(CN3CCC(NC(C(=O)Nc4ccc(F)cc4)c4cccc(=O)[nH]4)CC3)cc2)cc1.Cl. The first kappa shape index (κ1) is 33.7. The van der Waals surface area contributed by atoms with E-state index in [1.165, 1.54) is 30.3 Å². The lowest BCUT2D eigenvalue weighted by atomic mass is 10.0. The molecule has 1 aromatic heterocycles. The van der Waals surface area contributed by atoms with E-state index in [1.54, 1.807) is 36.4 Å². The first-order valence-corrected chi connectivity index (χ1v) is 16.1. The molecule has 0 spiro atoms. The van der Waals surface area contributed by atoms with Crippen LogP contribution in [-0.4, -0.2) is 49.6 Å². The number of anilines is 2.